The monoisotopic (exact) mass is 418 g/mol. The van der Waals surface area contributed by atoms with Gasteiger partial charge in [0.1, 0.15) is 18.3 Å². The molecule has 1 N–H and O–H groups in total. The topological polar surface area (TPSA) is 60.8 Å². The van der Waals surface area contributed by atoms with Gasteiger partial charge in [-0.05, 0) is 56.2 Å². The summed E-state index contributed by atoms with van der Waals surface area (Å²) in [7, 11) is 1.68. The van der Waals surface area contributed by atoms with E-state index < -0.39 is 0 Å². The van der Waals surface area contributed by atoms with Crippen LogP contribution in [0, 0.1) is 0 Å². The van der Waals surface area contributed by atoms with Crippen LogP contribution in [0.25, 0.3) is 0 Å². The highest BCUT2D eigenvalue weighted by Gasteiger charge is 2.25. The number of thiocarbonyl (C=S) groups is 1. The number of likely N-dealkylation sites (tertiary alicyclic amines) is 1. The van der Waals surface area contributed by atoms with Crippen LogP contribution in [-0.2, 0) is 16.2 Å². The Morgan fingerprint density at radius 2 is 1.97 bits per heavy atom. The Hall–Kier alpha value is -2.16. The first kappa shape index (κ1) is 21.5. The molecule has 0 saturated carbocycles. The second kappa shape index (κ2) is 11.1. The molecule has 0 bridgehead atoms. The summed E-state index contributed by atoms with van der Waals surface area (Å²) < 4.78 is 18.2. The number of piperidine rings is 1. The van der Waals surface area contributed by atoms with Gasteiger partial charge in [0, 0.05) is 44.2 Å². The van der Waals surface area contributed by atoms with Gasteiger partial charge in [-0.25, -0.2) is 4.98 Å². The number of hydrogen-bond donors (Lipinski definition) is 1. The van der Waals surface area contributed by atoms with Crippen molar-refractivity contribution < 1.29 is 14.2 Å². The number of imidazole rings is 1. The lowest BCUT2D eigenvalue weighted by molar-refractivity contribution is 0.0321. The van der Waals surface area contributed by atoms with Crippen molar-refractivity contribution in [3.63, 3.8) is 0 Å². The third-order valence-corrected chi connectivity index (χ3v) is 5.33. The lowest BCUT2D eigenvalue weighted by Gasteiger charge is -2.33. The number of hydrogen-bond acceptors (Lipinski definition) is 5. The van der Waals surface area contributed by atoms with Gasteiger partial charge in [0.15, 0.2) is 5.11 Å². The molecule has 1 saturated heterocycles. The van der Waals surface area contributed by atoms with Crippen molar-refractivity contribution in [1.82, 2.24) is 14.5 Å². The quantitative estimate of drug-likeness (QED) is 0.494. The Morgan fingerprint density at radius 3 is 2.66 bits per heavy atom. The molecule has 2 heterocycles. The number of nitrogens with zero attached hydrogens (tertiary/aromatic N) is 3. The third kappa shape index (κ3) is 6.16. The third-order valence-electron chi connectivity index (χ3n) is 4.97. The highest BCUT2D eigenvalue weighted by atomic mass is 32.1. The number of methoxy groups -OCH3 is 1. The fourth-order valence-corrected chi connectivity index (χ4v) is 3.74. The SMILES string of the molecule is CCOc1ccc(NC(=S)N2CCC(c3nccn3COCCOC)CC2)cc1. The summed E-state index contributed by atoms with van der Waals surface area (Å²) in [5.41, 5.74) is 0.976. The van der Waals surface area contributed by atoms with E-state index in [1.807, 2.05) is 43.6 Å². The molecule has 29 heavy (non-hydrogen) atoms. The first-order chi connectivity index (χ1) is 14.2. The van der Waals surface area contributed by atoms with Gasteiger partial charge in [0.05, 0.1) is 19.8 Å². The fourth-order valence-electron chi connectivity index (χ4n) is 3.44. The number of ether oxygens (including phenoxy) is 3. The molecule has 1 fully saturated rings. The molecule has 0 aliphatic carbocycles. The molecule has 0 spiro atoms. The maximum absolute atomic E-state index is 5.65. The minimum absolute atomic E-state index is 0.417. The Labute approximate surface area is 178 Å². The molecule has 3 rings (SSSR count). The Morgan fingerprint density at radius 1 is 1.21 bits per heavy atom. The lowest BCUT2D eigenvalue weighted by atomic mass is 9.96. The minimum atomic E-state index is 0.417. The van der Waals surface area contributed by atoms with Crippen molar-refractivity contribution in [3.05, 3.63) is 42.5 Å². The molecule has 1 aliphatic rings. The van der Waals surface area contributed by atoms with E-state index in [-0.39, 0.29) is 0 Å². The minimum Gasteiger partial charge on any atom is -0.494 e. The van der Waals surface area contributed by atoms with E-state index in [2.05, 4.69) is 19.8 Å². The molecule has 0 unspecified atom stereocenters. The number of anilines is 1. The van der Waals surface area contributed by atoms with E-state index in [0.29, 0.717) is 32.5 Å². The smallest absolute Gasteiger partial charge is 0.173 e. The molecule has 8 heteroatoms. The number of aromatic nitrogens is 2. The maximum atomic E-state index is 5.65. The van der Waals surface area contributed by atoms with Gasteiger partial charge in [0.2, 0.25) is 0 Å². The summed E-state index contributed by atoms with van der Waals surface area (Å²) in [6.07, 6.45) is 5.85. The van der Waals surface area contributed by atoms with Gasteiger partial charge in [-0.2, -0.15) is 0 Å². The van der Waals surface area contributed by atoms with Crippen LogP contribution in [0.1, 0.15) is 31.5 Å². The predicted octanol–water partition coefficient (Wildman–Crippen LogP) is 3.48. The Balaban J connectivity index is 1.47. The molecule has 158 valence electrons. The normalized spacial score (nSPS) is 14.8. The zero-order valence-electron chi connectivity index (χ0n) is 17.2. The maximum Gasteiger partial charge on any atom is 0.173 e. The summed E-state index contributed by atoms with van der Waals surface area (Å²) in [5, 5.41) is 4.09. The van der Waals surface area contributed by atoms with Crippen LogP contribution in [0.5, 0.6) is 5.75 Å². The second-order valence-corrected chi connectivity index (χ2v) is 7.32. The standard InChI is InChI=1S/C21H30N4O3S/c1-3-28-19-6-4-18(5-7-19)23-21(29)24-11-8-17(9-12-24)20-22-10-13-25(20)16-27-15-14-26-2/h4-7,10,13,17H,3,8-9,11-12,14-16H2,1-2H3,(H,23,29). The van der Waals surface area contributed by atoms with Crippen LogP contribution >= 0.6 is 12.2 Å². The van der Waals surface area contributed by atoms with Crippen molar-refractivity contribution in [2.75, 3.05) is 45.3 Å². The van der Waals surface area contributed by atoms with Crippen LogP contribution in [0.2, 0.25) is 0 Å². The Kier molecular flexibility index (Phi) is 8.27. The van der Waals surface area contributed by atoms with Gasteiger partial charge in [-0.1, -0.05) is 0 Å². The number of benzene rings is 1. The molecule has 0 amide bonds. The molecule has 0 atom stereocenters. The molecule has 1 aromatic carbocycles. The summed E-state index contributed by atoms with van der Waals surface area (Å²) in [6, 6.07) is 7.89. The average Bonchev–Trinajstić information content (AvgIpc) is 3.21. The lowest BCUT2D eigenvalue weighted by Crippen LogP contribution is -2.40. The largest absolute Gasteiger partial charge is 0.494 e. The zero-order valence-corrected chi connectivity index (χ0v) is 18.0. The Bertz CT molecular complexity index is 758. The van der Waals surface area contributed by atoms with Crippen molar-refractivity contribution in [2.45, 2.75) is 32.4 Å². The van der Waals surface area contributed by atoms with Crippen molar-refractivity contribution in [2.24, 2.45) is 0 Å². The van der Waals surface area contributed by atoms with Gasteiger partial charge in [-0.15, -0.1) is 0 Å². The van der Waals surface area contributed by atoms with Crippen LogP contribution < -0.4 is 10.1 Å². The summed E-state index contributed by atoms with van der Waals surface area (Å²) in [4.78, 5) is 6.80. The van der Waals surface area contributed by atoms with Crippen LogP contribution in [0.4, 0.5) is 5.69 Å². The van der Waals surface area contributed by atoms with Crippen LogP contribution in [0.15, 0.2) is 36.7 Å². The van der Waals surface area contributed by atoms with Crippen LogP contribution in [-0.4, -0.2) is 59.6 Å². The molecule has 0 radical (unpaired) electrons. The van der Waals surface area contributed by atoms with Gasteiger partial charge < -0.3 is 29.0 Å². The summed E-state index contributed by atoms with van der Waals surface area (Å²) in [5.74, 6) is 2.37. The van der Waals surface area contributed by atoms with E-state index in [1.165, 1.54) is 0 Å². The molecular weight excluding hydrogens is 388 g/mol. The van der Waals surface area contributed by atoms with Gasteiger partial charge in [0.25, 0.3) is 0 Å². The molecule has 1 aliphatic heterocycles. The fraction of sp³-hybridized carbons (Fsp3) is 0.524. The number of rotatable bonds is 9. The average molecular weight is 419 g/mol. The van der Waals surface area contributed by atoms with E-state index >= 15 is 0 Å². The van der Waals surface area contributed by atoms with Crippen molar-refractivity contribution in [1.29, 1.82) is 0 Å². The van der Waals surface area contributed by atoms with Gasteiger partial charge >= 0.3 is 0 Å². The summed E-state index contributed by atoms with van der Waals surface area (Å²) >= 11 is 5.62. The highest BCUT2D eigenvalue weighted by molar-refractivity contribution is 7.80. The molecule has 1 aromatic heterocycles. The van der Waals surface area contributed by atoms with Crippen molar-refractivity contribution >= 4 is 23.0 Å². The first-order valence-corrected chi connectivity index (χ1v) is 10.5. The van der Waals surface area contributed by atoms with E-state index in [0.717, 1.165) is 48.3 Å². The molecule has 2 aromatic rings. The zero-order chi connectivity index (χ0) is 20.5. The first-order valence-electron chi connectivity index (χ1n) is 10.1. The van der Waals surface area contributed by atoms with Crippen LogP contribution in [0.3, 0.4) is 0 Å². The van der Waals surface area contributed by atoms with E-state index in [4.69, 9.17) is 26.4 Å². The predicted molar refractivity (Wildman–Crippen MR) is 117 cm³/mol. The molecular formula is C21H30N4O3S. The van der Waals surface area contributed by atoms with Gasteiger partial charge in [-0.3, -0.25) is 0 Å². The number of nitrogens with one attached hydrogen (secondary N) is 1. The van der Waals surface area contributed by atoms with E-state index in [9.17, 15) is 0 Å². The second-order valence-electron chi connectivity index (χ2n) is 6.93. The van der Waals surface area contributed by atoms with Crippen molar-refractivity contribution in [3.8, 4) is 5.75 Å². The highest BCUT2D eigenvalue weighted by Crippen LogP contribution is 2.27. The summed E-state index contributed by atoms with van der Waals surface area (Å²) in [6.45, 7) is 6.15. The van der Waals surface area contributed by atoms with E-state index in [1.54, 1.807) is 7.11 Å². The molecule has 7 nitrogen and oxygen atoms in total.